The van der Waals surface area contributed by atoms with Crippen LogP contribution in [0.25, 0.3) is 33.6 Å². The normalized spacial score (nSPS) is 11.9. The van der Waals surface area contributed by atoms with Crippen LogP contribution in [-0.2, 0) is 0 Å². The van der Waals surface area contributed by atoms with E-state index in [1.807, 2.05) is 30.3 Å². The molecule has 2 heterocycles. The summed E-state index contributed by atoms with van der Waals surface area (Å²) in [5.41, 5.74) is 6.19. The second-order valence-electron chi connectivity index (χ2n) is 9.01. The Labute approximate surface area is 220 Å². The zero-order valence-electron chi connectivity index (χ0n) is 21.6. The molecule has 0 saturated carbocycles. The molecule has 3 aromatic carbocycles. The molecule has 0 saturated heterocycles. The summed E-state index contributed by atoms with van der Waals surface area (Å²) >= 11 is 0. The van der Waals surface area contributed by atoms with Crippen molar-refractivity contribution in [2.75, 3.05) is 23.8 Å². The van der Waals surface area contributed by atoms with Crippen molar-refractivity contribution < 1.29 is 9.21 Å². The first-order valence-electron chi connectivity index (χ1n) is 12.7. The molecule has 0 unspecified atom stereocenters. The number of nitrogens with zero attached hydrogens (tertiary/aromatic N) is 5. The predicted octanol–water partition coefficient (Wildman–Crippen LogP) is 5.79. The number of unbranched alkanes of at least 4 members (excludes halogenated alkanes) is 1. The molecule has 0 aliphatic rings. The number of fused-ring (bicyclic) bond motifs is 1. The van der Waals surface area contributed by atoms with Crippen molar-refractivity contribution in [3.8, 4) is 22.5 Å². The van der Waals surface area contributed by atoms with Crippen LogP contribution in [0.4, 0.5) is 16.5 Å². The van der Waals surface area contributed by atoms with E-state index in [4.69, 9.17) is 9.40 Å². The molecule has 10 heteroatoms. The lowest BCUT2D eigenvalue weighted by Crippen LogP contribution is -2.28. The fraction of sp³-hybridized carbons (Fsp3) is 0.250. The molecule has 0 aliphatic carbocycles. The third kappa shape index (κ3) is 5.19. The van der Waals surface area contributed by atoms with E-state index in [9.17, 15) is 4.79 Å². The van der Waals surface area contributed by atoms with Crippen LogP contribution < -0.4 is 15.5 Å². The lowest BCUT2D eigenvalue weighted by Gasteiger charge is -2.28. The van der Waals surface area contributed by atoms with Gasteiger partial charge in [0.1, 0.15) is 5.52 Å². The van der Waals surface area contributed by atoms with Crippen LogP contribution in [0.2, 0.25) is 0 Å². The van der Waals surface area contributed by atoms with E-state index in [1.165, 1.54) is 0 Å². The maximum absolute atomic E-state index is 11.7. The first-order valence-corrected chi connectivity index (χ1v) is 12.7. The molecule has 0 bridgehead atoms. The molecule has 0 spiro atoms. The molecule has 3 N–H and O–H groups in total. The van der Waals surface area contributed by atoms with Crippen LogP contribution in [0.1, 0.15) is 38.3 Å². The fourth-order valence-corrected chi connectivity index (χ4v) is 4.42. The molecule has 38 heavy (non-hydrogen) atoms. The van der Waals surface area contributed by atoms with Gasteiger partial charge in [-0.25, -0.2) is 4.79 Å². The third-order valence-corrected chi connectivity index (χ3v) is 6.54. The quantitative estimate of drug-likeness (QED) is 0.229. The van der Waals surface area contributed by atoms with Gasteiger partial charge in [-0.1, -0.05) is 61.9 Å². The van der Waals surface area contributed by atoms with E-state index in [1.54, 1.807) is 13.1 Å². The van der Waals surface area contributed by atoms with Crippen molar-refractivity contribution in [3.63, 3.8) is 0 Å². The number of carbonyl (C=O) groups excluding carboxylic acids is 1. The van der Waals surface area contributed by atoms with Gasteiger partial charge >= 0.3 is 6.03 Å². The van der Waals surface area contributed by atoms with Gasteiger partial charge in [-0.2, -0.15) is 10.2 Å². The van der Waals surface area contributed by atoms with Crippen LogP contribution in [-0.4, -0.2) is 45.2 Å². The molecule has 5 rings (SSSR count). The Bertz CT molecular complexity index is 1510. The van der Waals surface area contributed by atoms with E-state index in [-0.39, 0.29) is 12.1 Å². The molecule has 0 radical (unpaired) electrons. The lowest BCUT2D eigenvalue weighted by atomic mass is 9.97. The van der Waals surface area contributed by atoms with Gasteiger partial charge in [0.2, 0.25) is 5.82 Å². The minimum Gasteiger partial charge on any atom is -0.423 e. The van der Waals surface area contributed by atoms with Gasteiger partial charge in [-0.15, -0.1) is 10.2 Å². The lowest BCUT2D eigenvalue weighted by molar-refractivity contribution is 0.254. The van der Waals surface area contributed by atoms with Gasteiger partial charge in [-0.05, 0) is 53.4 Å². The number of aromatic nitrogens is 5. The van der Waals surface area contributed by atoms with E-state index in [0.29, 0.717) is 28.6 Å². The zero-order chi connectivity index (χ0) is 26.5. The number of H-pyrrole nitrogens is 1. The first kappa shape index (κ1) is 24.9. The summed E-state index contributed by atoms with van der Waals surface area (Å²) in [4.78, 5) is 18.7. The second-order valence-corrected chi connectivity index (χ2v) is 9.01. The van der Waals surface area contributed by atoms with Crippen molar-refractivity contribution in [1.29, 1.82) is 0 Å². The van der Waals surface area contributed by atoms with Crippen molar-refractivity contribution in [2.45, 2.75) is 32.7 Å². The Morgan fingerprint density at radius 3 is 2.58 bits per heavy atom. The first-order chi connectivity index (χ1) is 18.6. The SMILES string of the molecule is CCCCN(c1nc2cc(NC(=O)NC)ccc2o1)[C@H](C)c1ccc(-c2ccccc2-c2nn[nH]n2)cc1. The highest BCUT2D eigenvalue weighted by Gasteiger charge is 2.22. The Morgan fingerprint density at radius 1 is 1.08 bits per heavy atom. The minimum absolute atomic E-state index is 0.0274. The van der Waals surface area contributed by atoms with Gasteiger partial charge in [0.15, 0.2) is 5.58 Å². The largest absolute Gasteiger partial charge is 0.423 e. The van der Waals surface area contributed by atoms with E-state index < -0.39 is 0 Å². The van der Waals surface area contributed by atoms with Crippen LogP contribution in [0.15, 0.2) is 71.1 Å². The number of anilines is 2. The highest BCUT2D eigenvalue weighted by molar-refractivity contribution is 5.91. The van der Waals surface area contributed by atoms with Gasteiger partial charge in [-0.3, -0.25) is 0 Å². The van der Waals surface area contributed by atoms with Crippen LogP contribution in [0.3, 0.4) is 0 Å². The van der Waals surface area contributed by atoms with Crippen molar-refractivity contribution in [1.82, 2.24) is 30.9 Å². The molecular formula is C28H30N8O2. The number of amides is 2. The number of benzene rings is 3. The summed E-state index contributed by atoms with van der Waals surface area (Å²) in [6, 6.07) is 22.3. The van der Waals surface area contributed by atoms with E-state index >= 15 is 0 Å². The smallest absolute Gasteiger partial charge is 0.318 e. The summed E-state index contributed by atoms with van der Waals surface area (Å²) in [5.74, 6) is 0.563. The molecule has 1 atom stereocenters. The minimum atomic E-state index is -0.283. The Morgan fingerprint density at radius 2 is 1.87 bits per heavy atom. The number of hydrogen-bond donors (Lipinski definition) is 3. The molecule has 2 amide bonds. The topological polar surface area (TPSA) is 125 Å². The van der Waals surface area contributed by atoms with Gasteiger partial charge < -0.3 is 20.0 Å². The maximum atomic E-state index is 11.7. The Kier molecular flexibility index (Phi) is 7.30. The Hall–Kier alpha value is -4.73. The average molecular weight is 511 g/mol. The molecular weight excluding hydrogens is 480 g/mol. The number of nitrogens with one attached hydrogen (secondary N) is 3. The monoisotopic (exact) mass is 510 g/mol. The summed E-state index contributed by atoms with van der Waals surface area (Å²) in [6.07, 6.45) is 2.05. The molecule has 194 valence electrons. The highest BCUT2D eigenvalue weighted by atomic mass is 16.4. The number of oxazole rings is 1. The van der Waals surface area contributed by atoms with E-state index in [2.05, 4.69) is 80.3 Å². The molecule has 10 nitrogen and oxygen atoms in total. The molecule has 0 aliphatic heterocycles. The van der Waals surface area contributed by atoms with Crippen molar-refractivity contribution in [2.24, 2.45) is 0 Å². The maximum Gasteiger partial charge on any atom is 0.318 e. The third-order valence-electron chi connectivity index (χ3n) is 6.54. The molecule has 2 aromatic heterocycles. The van der Waals surface area contributed by atoms with Crippen LogP contribution >= 0.6 is 0 Å². The fourth-order valence-electron chi connectivity index (χ4n) is 4.42. The molecule has 0 fully saturated rings. The average Bonchev–Trinajstić information content (AvgIpc) is 3.63. The molecule has 5 aromatic rings. The Balaban J connectivity index is 1.42. The zero-order valence-corrected chi connectivity index (χ0v) is 21.6. The van der Waals surface area contributed by atoms with Crippen molar-refractivity contribution in [3.05, 3.63) is 72.3 Å². The van der Waals surface area contributed by atoms with Crippen molar-refractivity contribution >= 4 is 28.8 Å². The standard InChI is InChI=1S/C28H30N8O2/c1-4-5-16-36(28-31-24-17-21(30-27(37)29-3)14-15-25(24)38-28)18(2)19-10-12-20(13-11-19)22-8-6-7-9-23(22)26-32-34-35-33-26/h6-15,17-18H,4-5,16H2,1-3H3,(H2,29,30,37)(H,32,33,34,35)/t18-/m1/s1. The van der Waals surface area contributed by atoms with Gasteiger partial charge in [0.05, 0.1) is 6.04 Å². The number of urea groups is 1. The summed E-state index contributed by atoms with van der Waals surface area (Å²) in [6.45, 7) is 5.13. The predicted molar refractivity (Wildman–Crippen MR) is 148 cm³/mol. The number of hydrogen-bond acceptors (Lipinski definition) is 7. The van der Waals surface area contributed by atoms with Gasteiger partial charge in [0, 0.05) is 24.8 Å². The van der Waals surface area contributed by atoms with Crippen LogP contribution in [0, 0.1) is 0 Å². The summed E-state index contributed by atoms with van der Waals surface area (Å²) in [5, 5.41) is 19.9. The second kappa shape index (κ2) is 11.1. The van der Waals surface area contributed by atoms with Crippen LogP contribution in [0.5, 0.6) is 0 Å². The van der Waals surface area contributed by atoms with Gasteiger partial charge in [0.25, 0.3) is 6.01 Å². The number of aromatic amines is 1. The number of tetrazole rings is 1. The number of rotatable bonds is 9. The highest BCUT2D eigenvalue weighted by Crippen LogP contribution is 2.34. The summed E-state index contributed by atoms with van der Waals surface area (Å²) < 4.78 is 6.17. The summed E-state index contributed by atoms with van der Waals surface area (Å²) in [7, 11) is 1.58. The number of carbonyl (C=O) groups is 1. The van der Waals surface area contributed by atoms with E-state index in [0.717, 1.165) is 41.6 Å².